The van der Waals surface area contributed by atoms with E-state index in [1.165, 1.54) is 92.2 Å². The van der Waals surface area contributed by atoms with E-state index in [9.17, 15) is 0 Å². The number of aromatic nitrogens is 1. The van der Waals surface area contributed by atoms with Crippen LogP contribution < -0.4 is 0 Å². The van der Waals surface area contributed by atoms with Crippen LogP contribution in [0.2, 0.25) is 0 Å². The molecule has 0 amide bonds. The summed E-state index contributed by atoms with van der Waals surface area (Å²) in [6, 6.07) is 60.2. The van der Waals surface area contributed by atoms with Gasteiger partial charge in [-0.25, -0.2) is 0 Å². The number of fused-ring (bicyclic) bond motifs is 6. The van der Waals surface area contributed by atoms with Gasteiger partial charge in [0, 0.05) is 31.6 Å². The fourth-order valence-corrected chi connectivity index (χ4v) is 8.55. The molecule has 0 saturated carbocycles. The van der Waals surface area contributed by atoms with E-state index in [0.717, 1.165) is 0 Å². The summed E-state index contributed by atoms with van der Waals surface area (Å²) in [6.07, 6.45) is 0. The maximum absolute atomic E-state index is 2.39. The lowest BCUT2D eigenvalue weighted by atomic mass is 9.91. The van der Waals surface area contributed by atoms with Gasteiger partial charge >= 0.3 is 0 Å². The molecule has 0 bridgehead atoms. The largest absolute Gasteiger partial charge is 0.309 e. The Bertz CT molecular complexity index is 2650. The molecule has 0 aliphatic carbocycles. The second kappa shape index (κ2) is 9.97. The minimum atomic E-state index is 1.18. The lowest BCUT2D eigenvalue weighted by molar-refractivity contribution is 1.18. The van der Waals surface area contributed by atoms with Gasteiger partial charge in [-0.05, 0) is 98.1 Å². The smallest absolute Gasteiger partial charge is 0.0547 e. The summed E-state index contributed by atoms with van der Waals surface area (Å²) >= 11 is 1.88. The Labute approximate surface area is 271 Å². The van der Waals surface area contributed by atoms with E-state index >= 15 is 0 Å². The van der Waals surface area contributed by atoms with Gasteiger partial charge in [-0.3, -0.25) is 0 Å². The van der Waals surface area contributed by atoms with E-state index in [1.807, 2.05) is 11.8 Å². The van der Waals surface area contributed by atoms with E-state index in [2.05, 4.69) is 168 Å². The summed E-state index contributed by atoms with van der Waals surface area (Å²) in [7, 11) is 0. The molecular formula is C44H27NS. The Balaban J connectivity index is 1.06. The quantitative estimate of drug-likeness (QED) is 0.195. The van der Waals surface area contributed by atoms with Crippen LogP contribution in [0.15, 0.2) is 174 Å². The van der Waals surface area contributed by atoms with E-state index in [0.29, 0.717) is 0 Å². The minimum Gasteiger partial charge on any atom is -0.309 e. The van der Waals surface area contributed by atoms with Crippen LogP contribution in [0.3, 0.4) is 0 Å². The second-order valence-electron chi connectivity index (χ2n) is 12.1. The maximum Gasteiger partial charge on any atom is 0.0547 e. The minimum absolute atomic E-state index is 1.18. The lowest BCUT2D eigenvalue weighted by Gasteiger charge is -2.21. The molecule has 0 N–H and O–H groups in total. The molecule has 1 nitrogen and oxygen atoms in total. The van der Waals surface area contributed by atoms with Gasteiger partial charge in [0.05, 0.1) is 11.0 Å². The first kappa shape index (κ1) is 25.7. The third kappa shape index (κ3) is 3.84. The highest BCUT2D eigenvalue weighted by molar-refractivity contribution is 7.99. The van der Waals surface area contributed by atoms with Crippen LogP contribution >= 0.6 is 11.8 Å². The molecule has 0 atom stereocenters. The second-order valence-corrected chi connectivity index (χ2v) is 13.2. The highest BCUT2D eigenvalue weighted by Crippen LogP contribution is 2.49. The molecule has 0 fully saturated rings. The van der Waals surface area contributed by atoms with Gasteiger partial charge < -0.3 is 4.57 Å². The number of hydrogen-bond acceptors (Lipinski definition) is 1. The lowest BCUT2D eigenvalue weighted by Crippen LogP contribution is -1.94. The van der Waals surface area contributed by atoms with Gasteiger partial charge in [0.2, 0.25) is 0 Å². The van der Waals surface area contributed by atoms with Crippen LogP contribution in [0.1, 0.15) is 0 Å². The molecule has 8 aromatic carbocycles. The summed E-state index contributed by atoms with van der Waals surface area (Å²) in [5.41, 5.74) is 11.3. The first-order valence-electron chi connectivity index (χ1n) is 15.8. The number of rotatable bonds is 3. The predicted molar refractivity (Wildman–Crippen MR) is 196 cm³/mol. The van der Waals surface area contributed by atoms with Crippen molar-refractivity contribution in [1.82, 2.24) is 4.57 Å². The Kier molecular flexibility index (Phi) is 5.58. The van der Waals surface area contributed by atoms with Gasteiger partial charge in [-0.15, -0.1) is 0 Å². The van der Waals surface area contributed by atoms with Crippen LogP contribution in [-0.2, 0) is 0 Å². The van der Waals surface area contributed by atoms with Crippen molar-refractivity contribution in [2.45, 2.75) is 9.79 Å². The average molecular weight is 602 g/mol. The van der Waals surface area contributed by atoms with Crippen molar-refractivity contribution in [1.29, 1.82) is 0 Å². The summed E-state index contributed by atoms with van der Waals surface area (Å²) in [5, 5.41) is 7.74. The van der Waals surface area contributed by atoms with E-state index in [-0.39, 0.29) is 0 Å². The topological polar surface area (TPSA) is 4.93 Å². The summed E-state index contributed by atoms with van der Waals surface area (Å²) < 4.78 is 2.39. The number of para-hydroxylation sites is 2. The molecule has 1 aliphatic rings. The fraction of sp³-hybridized carbons (Fsp3) is 0. The summed E-state index contributed by atoms with van der Waals surface area (Å²) in [6.45, 7) is 0. The first-order valence-corrected chi connectivity index (χ1v) is 16.6. The third-order valence-corrected chi connectivity index (χ3v) is 10.7. The number of hydrogen-bond donors (Lipinski definition) is 0. The molecule has 0 radical (unpaired) electrons. The van der Waals surface area contributed by atoms with Crippen LogP contribution in [0.5, 0.6) is 0 Å². The van der Waals surface area contributed by atoms with Gasteiger partial charge in [0.1, 0.15) is 0 Å². The van der Waals surface area contributed by atoms with E-state index < -0.39 is 0 Å². The SMILES string of the molecule is c1ccc(-n2c3ccccc3c3cc4cc(-c5ccc(-c6ccc7c8c(cccc68)-c6ccccc6S7)cc5)ccc4cc32)cc1. The van der Waals surface area contributed by atoms with E-state index in [1.54, 1.807) is 0 Å². The van der Waals surface area contributed by atoms with Crippen molar-refractivity contribution in [3.63, 3.8) is 0 Å². The highest BCUT2D eigenvalue weighted by Gasteiger charge is 2.20. The van der Waals surface area contributed by atoms with Crippen molar-refractivity contribution in [2.24, 2.45) is 0 Å². The van der Waals surface area contributed by atoms with Crippen molar-refractivity contribution in [2.75, 3.05) is 0 Å². The van der Waals surface area contributed by atoms with Crippen molar-refractivity contribution in [3.8, 4) is 39.1 Å². The zero-order chi connectivity index (χ0) is 30.2. The molecule has 0 spiro atoms. The van der Waals surface area contributed by atoms with Crippen LogP contribution in [0.4, 0.5) is 0 Å². The average Bonchev–Trinajstić information content (AvgIpc) is 3.44. The molecule has 2 heteroatoms. The standard InChI is InChI=1S/C44H27NS/c1-2-9-33(10-3-1)45-40-15-6-4-11-35(40)39-26-32-25-30(21-22-31(32)27-41(39)45)28-17-19-29(20-18-28)34-23-24-43-44-37(34)13-8-14-38(44)36-12-5-7-16-42(36)46-43/h1-27H. The molecule has 1 aromatic heterocycles. The molecular weight excluding hydrogens is 575 g/mol. The molecule has 0 unspecified atom stereocenters. The van der Waals surface area contributed by atoms with Gasteiger partial charge in [-0.1, -0.05) is 127 Å². The molecule has 46 heavy (non-hydrogen) atoms. The first-order chi connectivity index (χ1) is 22.8. The van der Waals surface area contributed by atoms with Crippen LogP contribution in [0, 0.1) is 0 Å². The molecule has 2 heterocycles. The zero-order valence-electron chi connectivity index (χ0n) is 24.9. The zero-order valence-corrected chi connectivity index (χ0v) is 25.8. The molecule has 9 aromatic rings. The molecule has 10 rings (SSSR count). The number of benzene rings is 8. The summed E-state index contributed by atoms with van der Waals surface area (Å²) in [5.74, 6) is 0. The van der Waals surface area contributed by atoms with Gasteiger partial charge in [0.15, 0.2) is 0 Å². The monoisotopic (exact) mass is 601 g/mol. The van der Waals surface area contributed by atoms with Crippen molar-refractivity contribution < 1.29 is 0 Å². The molecule has 1 aliphatic heterocycles. The van der Waals surface area contributed by atoms with Gasteiger partial charge in [-0.2, -0.15) is 0 Å². The highest BCUT2D eigenvalue weighted by atomic mass is 32.2. The van der Waals surface area contributed by atoms with Crippen LogP contribution in [0.25, 0.3) is 82.4 Å². The predicted octanol–water partition coefficient (Wildman–Crippen LogP) is 12.6. The Morgan fingerprint density at radius 2 is 1.11 bits per heavy atom. The Morgan fingerprint density at radius 3 is 2.02 bits per heavy atom. The molecule has 0 saturated heterocycles. The van der Waals surface area contributed by atoms with Crippen molar-refractivity contribution in [3.05, 3.63) is 164 Å². The third-order valence-electron chi connectivity index (χ3n) is 9.57. The van der Waals surface area contributed by atoms with E-state index in [4.69, 9.17) is 0 Å². The fourth-order valence-electron chi connectivity index (χ4n) is 7.42. The maximum atomic E-state index is 2.39. The normalized spacial score (nSPS) is 12.3. The van der Waals surface area contributed by atoms with Gasteiger partial charge in [0.25, 0.3) is 0 Å². The van der Waals surface area contributed by atoms with Crippen LogP contribution in [-0.4, -0.2) is 4.57 Å². The summed E-state index contributed by atoms with van der Waals surface area (Å²) in [4.78, 5) is 2.67. The Hall–Kier alpha value is -5.57. The Morgan fingerprint density at radius 1 is 0.370 bits per heavy atom. The molecule has 214 valence electrons. The number of nitrogens with zero attached hydrogens (tertiary/aromatic N) is 1. The van der Waals surface area contributed by atoms with Crippen molar-refractivity contribution >= 4 is 55.1 Å².